The Morgan fingerprint density at radius 3 is 2.77 bits per heavy atom. The fourth-order valence-electron chi connectivity index (χ4n) is 1.21. The number of terminal acetylenes is 1. The second-order valence-electron chi connectivity index (χ2n) is 3.32. The minimum Gasteiger partial charge on any atom is -0.120 e. The molecule has 1 aromatic rings. The molecule has 0 N–H and O–H groups in total. The zero-order valence-electron chi connectivity index (χ0n) is 7.97. The van der Waals surface area contributed by atoms with E-state index in [0.717, 1.165) is 10.9 Å². The summed E-state index contributed by atoms with van der Waals surface area (Å²) in [6.07, 6.45) is 6.07. The van der Waals surface area contributed by atoms with Crippen molar-refractivity contribution in [3.8, 4) is 12.3 Å². The monoisotopic (exact) mass is 236 g/mol. The first-order chi connectivity index (χ1) is 6.15. The van der Waals surface area contributed by atoms with E-state index in [1.807, 2.05) is 0 Å². The van der Waals surface area contributed by atoms with Gasteiger partial charge in [-0.1, -0.05) is 35.0 Å². The first-order valence-electron chi connectivity index (χ1n) is 4.34. The van der Waals surface area contributed by atoms with Crippen LogP contribution in [0.15, 0.2) is 22.7 Å². The highest BCUT2D eigenvalue weighted by Crippen LogP contribution is 2.24. The van der Waals surface area contributed by atoms with Crippen molar-refractivity contribution >= 4 is 15.9 Å². The molecule has 0 saturated carbocycles. The summed E-state index contributed by atoms with van der Waals surface area (Å²) in [6, 6.07) is 6.41. The summed E-state index contributed by atoms with van der Waals surface area (Å²) < 4.78 is 1.16. The zero-order chi connectivity index (χ0) is 9.84. The van der Waals surface area contributed by atoms with Gasteiger partial charge >= 0.3 is 0 Å². The first-order valence-corrected chi connectivity index (χ1v) is 5.14. The van der Waals surface area contributed by atoms with E-state index in [4.69, 9.17) is 6.42 Å². The van der Waals surface area contributed by atoms with Gasteiger partial charge in [-0.2, -0.15) is 0 Å². The molecule has 0 aliphatic carbocycles. The van der Waals surface area contributed by atoms with Gasteiger partial charge in [0.15, 0.2) is 0 Å². The lowest BCUT2D eigenvalue weighted by molar-refractivity contribution is 0.795. The summed E-state index contributed by atoms with van der Waals surface area (Å²) in [5.74, 6) is 3.13. The van der Waals surface area contributed by atoms with Crippen molar-refractivity contribution in [3.05, 3.63) is 33.8 Å². The van der Waals surface area contributed by atoms with Gasteiger partial charge in [0, 0.05) is 10.9 Å². The van der Waals surface area contributed by atoms with Crippen LogP contribution in [0.3, 0.4) is 0 Å². The van der Waals surface area contributed by atoms with Gasteiger partial charge < -0.3 is 0 Å². The highest BCUT2D eigenvalue weighted by molar-refractivity contribution is 9.10. The lowest BCUT2D eigenvalue weighted by Crippen LogP contribution is -1.92. The lowest BCUT2D eigenvalue weighted by Gasteiger charge is -2.09. The number of hydrogen-bond donors (Lipinski definition) is 0. The first kappa shape index (κ1) is 10.3. The van der Waals surface area contributed by atoms with Gasteiger partial charge in [0.25, 0.3) is 0 Å². The summed E-state index contributed by atoms with van der Waals surface area (Å²) in [7, 11) is 0. The average Bonchev–Trinajstić information content (AvgIpc) is 2.10. The summed E-state index contributed by atoms with van der Waals surface area (Å²) in [5, 5.41) is 0. The molecule has 1 heteroatoms. The number of benzene rings is 1. The van der Waals surface area contributed by atoms with Gasteiger partial charge in [-0.05, 0) is 30.0 Å². The van der Waals surface area contributed by atoms with Crippen LogP contribution in [0.2, 0.25) is 0 Å². The highest BCUT2D eigenvalue weighted by atomic mass is 79.9. The van der Waals surface area contributed by atoms with E-state index < -0.39 is 0 Å². The number of hydrogen-bond acceptors (Lipinski definition) is 0. The molecule has 0 aliphatic heterocycles. The third-order valence-electron chi connectivity index (χ3n) is 2.19. The van der Waals surface area contributed by atoms with E-state index in [1.54, 1.807) is 0 Å². The molecule has 68 valence electrons. The number of rotatable bonds is 2. The standard InChI is InChI=1S/C12H13Br/c1-4-5-9(2)11-7-6-10(3)12(13)8-11/h1,6-9H,5H2,2-3H3. The second kappa shape index (κ2) is 4.48. The Morgan fingerprint density at radius 1 is 1.54 bits per heavy atom. The molecule has 0 nitrogen and oxygen atoms in total. The topological polar surface area (TPSA) is 0 Å². The Hall–Kier alpha value is -0.740. The molecule has 13 heavy (non-hydrogen) atoms. The minimum absolute atomic E-state index is 0.446. The third kappa shape index (κ3) is 2.60. The molecule has 0 saturated heterocycles. The number of halogens is 1. The van der Waals surface area contributed by atoms with Crippen molar-refractivity contribution < 1.29 is 0 Å². The van der Waals surface area contributed by atoms with Crippen LogP contribution < -0.4 is 0 Å². The van der Waals surface area contributed by atoms with Gasteiger partial charge in [-0.25, -0.2) is 0 Å². The van der Waals surface area contributed by atoms with Crippen LogP contribution in [0.1, 0.15) is 30.4 Å². The van der Waals surface area contributed by atoms with Crippen LogP contribution >= 0.6 is 15.9 Å². The molecular weight excluding hydrogens is 224 g/mol. The maximum Gasteiger partial charge on any atom is 0.0207 e. The van der Waals surface area contributed by atoms with Crippen LogP contribution in [-0.2, 0) is 0 Å². The molecule has 1 aromatic carbocycles. The van der Waals surface area contributed by atoms with Crippen LogP contribution in [0, 0.1) is 19.3 Å². The van der Waals surface area contributed by atoms with Crippen molar-refractivity contribution in [2.45, 2.75) is 26.2 Å². The van der Waals surface area contributed by atoms with Gasteiger partial charge in [0.2, 0.25) is 0 Å². The molecule has 0 radical (unpaired) electrons. The largest absolute Gasteiger partial charge is 0.120 e. The summed E-state index contributed by atoms with van der Waals surface area (Å²) in [5.41, 5.74) is 2.56. The quantitative estimate of drug-likeness (QED) is 0.684. The van der Waals surface area contributed by atoms with Gasteiger partial charge in [0.1, 0.15) is 0 Å². The summed E-state index contributed by atoms with van der Waals surface area (Å²) in [4.78, 5) is 0. The Morgan fingerprint density at radius 2 is 2.23 bits per heavy atom. The fourth-order valence-corrected chi connectivity index (χ4v) is 1.61. The van der Waals surface area contributed by atoms with Crippen molar-refractivity contribution in [2.24, 2.45) is 0 Å². The zero-order valence-corrected chi connectivity index (χ0v) is 9.56. The highest BCUT2D eigenvalue weighted by Gasteiger charge is 2.04. The van der Waals surface area contributed by atoms with E-state index in [0.29, 0.717) is 5.92 Å². The Balaban J connectivity index is 2.91. The van der Waals surface area contributed by atoms with Crippen molar-refractivity contribution in [1.29, 1.82) is 0 Å². The molecule has 0 bridgehead atoms. The fraction of sp³-hybridized carbons (Fsp3) is 0.333. The summed E-state index contributed by atoms with van der Waals surface area (Å²) in [6.45, 7) is 4.23. The van der Waals surface area contributed by atoms with Crippen molar-refractivity contribution in [1.82, 2.24) is 0 Å². The van der Waals surface area contributed by atoms with E-state index in [2.05, 4.69) is 53.9 Å². The van der Waals surface area contributed by atoms with E-state index in [9.17, 15) is 0 Å². The van der Waals surface area contributed by atoms with Gasteiger partial charge in [-0.3, -0.25) is 0 Å². The normalized spacial score (nSPS) is 12.2. The molecular formula is C12H13Br. The maximum atomic E-state index is 5.27. The van der Waals surface area contributed by atoms with E-state index in [-0.39, 0.29) is 0 Å². The lowest BCUT2D eigenvalue weighted by atomic mass is 9.97. The molecule has 1 unspecified atom stereocenters. The van der Waals surface area contributed by atoms with Crippen LogP contribution in [-0.4, -0.2) is 0 Å². The van der Waals surface area contributed by atoms with Crippen LogP contribution in [0.5, 0.6) is 0 Å². The van der Waals surface area contributed by atoms with Crippen LogP contribution in [0.4, 0.5) is 0 Å². The Bertz CT molecular complexity index is 333. The Labute approximate surface area is 88.5 Å². The SMILES string of the molecule is C#CCC(C)c1ccc(C)c(Br)c1. The molecule has 1 atom stereocenters. The molecule has 0 amide bonds. The second-order valence-corrected chi connectivity index (χ2v) is 4.17. The Kier molecular flexibility index (Phi) is 3.57. The molecule has 0 fully saturated rings. The maximum absolute atomic E-state index is 5.27. The predicted octanol–water partition coefficient (Wildman–Crippen LogP) is 3.88. The third-order valence-corrected chi connectivity index (χ3v) is 3.04. The van der Waals surface area contributed by atoms with E-state index in [1.165, 1.54) is 11.1 Å². The van der Waals surface area contributed by atoms with Gasteiger partial charge in [-0.15, -0.1) is 12.3 Å². The average molecular weight is 237 g/mol. The van der Waals surface area contributed by atoms with Crippen molar-refractivity contribution in [2.75, 3.05) is 0 Å². The number of aryl methyl sites for hydroxylation is 1. The molecule has 0 aromatic heterocycles. The molecule has 1 rings (SSSR count). The molecule has 0 heterocycles. The van der Waals surface area contributed by atoms with Gasteiger partial charge in [0.05, 0.1) is 0 Å². The smallest absolute Gasteiger partial charge is 0.0207 e. The summed E-state index contributed by atoms with van der Waals surface area (Å²) >= 11 is 3.51. The molecule has 0 spiro atoms. The molecule has 0 aliphatic rings. The predicted molar refractivity (Wildman–Crippen MR) is 60.7 cm³/mol. The minimum atomic E-state index is 0.446. The van der Waals surface area contributed by atoms with Crippen LogP contribution in [0.25, 0.3) is 0 Å². The van der Waals surface area contributed by atoms with E-state index >= 15 is 0 Å². The van der Waals surface area contributed by atoms with Crippen molar-refractivity contribution in [3.63, 3.8) is 0 Å².